The van der Waals surface area contributed by atoms with Gasteiger partial charge in [-0.2, -0.15) is 0 Å². The number of hydrogen-bond donors (Lipinski definition) is 1. The van der Waals surface area contributed by atoms with E-state index in [1.165, 1.54) is 11.4 Å². The molecule has 0 radical (unpaired) electrons. The third kappa shape index (κ3) is 3.16. The third-order valence-electron chi connectivity index (χ3n) is 3.81. The topological polar surface area (TPSA) is 46.9 Å². The van der Waals surface area contributed by atoms with Crippen molar-refractivity contribution in [2.75, 3.05) is 5.32 Å². The first-order chi connectivity index (χ1) is 11.0. The molecular formula is C19H19N3O. The molecule has 0 spiro atoms. The Morgan fingerprint density at radius 2 is 1.57 bits per heavy atom. The van der Waals surface area contributed by atoms with Gasteiger partial charge >= 0.3 is 0 Å². The average molecular weight is 305 g/mol. The number of rotatable bonds is 3. The Morgan fingerprint density at radius 1 is 0.913 bits per heavy atom. The largest absolute Gasteiger partial charge is 0.319 e. The van der Waals surface area contributed by atoms with E-state index in [0.717, 1.165) is 11.3 Å². The second-order valence-electron chi connectivity index (χ2n) is 5.67. The van der Waals surface area contributed by atoms with Crippen molar-refractivity contribution in [1.29, 1.82) is 0 Å². The van der Waals surface area contributed by atoms with Gasteiger partial charge in [0.1, 0.15) is 5.82 Å². The highest BCUT2D eigenvalue weighted by molar-refractivity contribution is 6.03. The van der Waals surface area contributed by atoms with Gasteiger partial charge in [0, 0.05) is 28.8 Å². The van der Waals surface area contributed by atoms with Gasteiger partial charge in [0.15, 0.2) is 0 Å². The van der Waals surface area contributed by atoms with Crippen molar-refractivity contribution >= 4 is 11.7 Å². The van der Waals surface area contributed by atoms with Crippen molar-refractivity contribution in [2.24, 2.45) is 0 Å². The first-order valence-corrected chi connectivity index (χ1v) is 7.54. The summed E-state index contributed by atoms with van der Waals surface area (Å²) in [6.45, 7) is 6.09. The molecular weight excluding hydrogens is 286 g/mol. The number of carbonyl (C=O) groups excluding carboxylic acids is 1. The monoisotopic (exact) mass is 305 g/mol. The Labute approximate surface area is 135 Å². The molecule has 116 valence electrons. The summed E-state index contributed by atoms with van der Waals surface area (Å²) in [6.07, 6.45) is 1.73. The number of aryl methyl sites for hydroxylation is 3. The van der Waals surface area contributed by atoms with Crippen LogP contribution in [0.5, 0.6) is 0 Å². The maximum atomic E-state index is 12.3. The van der Waals surface area contributed by atoms with Crippen LogP contribution in [0.3, 0.4) is 0 Å². The lowest BCUT2D eigenvalue weighted by atomic mass is 10.2. The molecule has 0 saturated carbocycles. The first kappa shape index (κ1) is 15.0. The normalized spacial score (nSPS) is 10.6. The zero-order valence-electron chi connectivity index (χ0n) is 13.5. The summed E-state index contributed by atoms with van der Waals surface area (Å²) >= 11 is 0. The van der Waals surface area contributed by atoms with E-state index in [0.29, 0.717) is 11.4 Å². The molecule has 0 unspecified atom stereocenters. The summed E-state index contributed by atoms with van der Waals surface area (Å²) in [5.74, 6) is 0.399. The molecule has 4 heteroatoms. The van der Waals surface area contributed by atoms with Crippen LogP contribution < -0.4 is 5.32 Å². The van der Waals surface area contributed by atoms with Gasteiger partial charge in [0.25, 0.3) is 5.91 Å². The molecule has 2 aromatic heterocycles. The molecule has 0 bridgehead atoms. The third-order valence-corrected chi connectivity index (χ3v) is 3.81. The van der Waals surface area contributed by atoms with Crippen LogP contribution in [-0.2, 0) is 0 Å². The summed E-state index contributed by atoms with van der Waals surface area (Å²) in [7, 11) is 0. The van der Waals surface area contributed by atoms with Crippen molar-refractivity contribution < 1.29 is 4.79 Å². The standard InChI is InChI=1S/C19H19N3O/c1-13-4-11-18(20-12-13)21-19(23)16-7-9-17(10-8-16)22-14(2)5-6-15(22)3/h4-12H,1-3H3,(H,20,21,23). The molecule has 1 amide bonds. The van der Waals surface area contributed by atoms with E-state index < -0.39 is 0 Å². The average Bonchev–Trinajstić information content (AvgIpc) is 2.88. The fourth-order valence-corrected chi connectivity index (χ4v) is 2.57. The van der Waals surface area contributed by atoms with Crippen LogP contribution in [-0.4, -0.2) is 15.5 Å². The molecule has 1 aromatic carbocycles. The Balaban J connectivity index is 1.79. The number of carbonyl (C=O) groups is 1. The van der Waals surface area contributed by atoms with Crippen molar-refractivity contribution in [3.8, 4) is 5.69 Å². The number of nitrogens with one attached hydrogen (secondary N) is 1. The lowest BCUT2D eigenvalue weighted by molar-refractivity contribution is 0.102. The lowest BCUT2D eigenvalue weighted by Crippen LogP contribution is -2.13. The molecule has 0 saturated heterocycles. The molecule has 0 aliphatic heterocycles. The van der Waals surface area contributed by atoms with Crippen molar-refractivity contribution in [3.63, 3.8) is 0 Å². The van der Waals surface area contributed by atoms with Gasteiger partial charge in [-0.05, 0) is 68.8 Å². The summed E-state index contributed by atoms with van der Waals surface area (Å²) in [6, 6.07) is 15.5. The minimum atomic E-state index is -0.158. The van der Waals surface area contributed by atoms with E-state index in [2.05, 4.69) is 40.8 Å². The number of hydrogen-bond acceptors (Lipinski definition) is 2. The van der Waals surface area contributed by atoms with Crippen molar-refractivity contribution in [1.82, 2.24) is 9.55 Å². The second-order valence-corrected chi connectivity index (χ2v) is 5.67. The fourth-order valence-electron chi connectivity index (χ4n) is 2.57. The SMILES string of the molecule is Cc1ccc(NC(=O)c2ccc(-n3c(C)ccc3C)cc2)nc1. The van der Waals surface area contributed by atoms with Crippen LogP contribution in [0, 0.1) is 20.8 Å². The molecule has 0 aliphatic carbocycles. The van der Waals surface area contributed by atoms with E-state index in [4.69, 9.17) is 0 Å². The molecule has 1 N–H and O–H groups in total. The highest BCUT2D eigenvalue weighted by Gasteiger charge is 2.08. The minimum Gasteiger partial charge on any atom is -0.319 e. The Morgan fingerprint density at radius 3 is 2.13 bits per heavy atom. The number of pyridine rings is 1. The maximum Gasteiger partial charge on any atom is 0.256 e. The van der Waals surface area contributed by atoms with Gasteiger partial charge in [-0.25, -0.2) is 4.98 Å². The maximum absolute atomic E-state index is 12.3. The molecule has 0 atom stereocenters. The van der Waals surface area contributed by atoms with E-state index >= 15 is 0 Å². The Kier molecular flexibility index (Phi) is 3.98. The number of aromatic nitrogens is 2. The molecule has 0 fully saturated rings. The summed E-state index contributed by atoms with van der Waals surface area (Å²) in [5.41, 5.74) is 5.06. The molecule has 3 aromatic rings. The van der Waals surface area contributed by atoms with Crippen LogP contribution in [0.2, 0.25) is 0 Å². The number of amides is 1. The highest BCUT2D eigenvalue weighted by Crippen LogP contribution is 2.17. The van der Waals surface area contributed by atoms with Crippen molar-refractivity contribution in [3.05, 3.63) is 77.2 Å². The van der Waals surface area contributed by atoms with Gasteiger partial charge in [-0.15, -0.1) is 0 Å². The highest BCUT2D eigenvalue weighted by atomic mass is 16.1. The van der Waals surface area contributed by atoms with Gasteiger partial charge < -0.3 is 9.88 Å². The van der Waals surface area contributed by atoms with E-state index in [1.807, 2.05) is 37.3 Å². The van der Waals surface area contributed by atoms with Gasteiger partial charge in [0.05, 0.1) is 0 Å². The predicted molar refractivity (Wildman–Crippen MR) is 92.2 cm³/mol. The van der Waals surface area contributed by atoms with Crippen LogP contribution in [0.15, 0.2) is 54.7 Å². The Hall–Kier alpha value is -2.88. The quantitative estimate of drug-likeness (QED) is 0.793. The van der Waals surface area contributed by atoms with Gasteiger partial charge in [0.2, 0.25) is 0 Å². The molecule has 2 heterocycles. The van der Waals surface area contributed by atoms with Gasteiger partial charge in [-0.1, -0.05) is 6.07 Å². The number of nitrogens with zero attached hydrogens (tertiary/aromatic N) is 2. The first-order valence-electron chi connectivity index (χ1n) is 7.54. The minimum absolute atomic E-state index is 0.158. The van der Waals surface area contributed by atoms with Crippen molar-refractivity contribution in [2.45, 2.75) is 20.8 Å². The number of benzene rings is 1. The van der Waals surface area contributed by atoms with Crippen LogP contribution in [0.4, 0.5) is 5.82 Å². The molecule has 3 rings (SSSR count). The predicted octanol–water partition coefficient (Wildman–Crippen LogP) is 4.05. The smallest absolute Gasteiger partial charge is 0.256 e. The molecule has 23 heavy (non-hydrogen) atoms. The zero-order chi connectivity index (χ0) is 16.4. The van der Waals surface area contributed by atoms with E-state index in [9.17, 15) is 4.79 Å². The zero-order valence-corrected chi connectivity index (χ0v) is 13.5. The molecule has 4 nitrogen and oxygen atoms in total. The van der Waals surface area contributed by atoms with Gasteiger partial charge in [-0.3, -0.25) is 4.79 Å². The van der Waals surface area contributed by atoms with Crippen LogP contribution in [0.25, 0.3) is 5.69 Å². The summed E-state index contributed by atoms with van der Waals surface area (Å²) in [4.78, 5) is 16.5. The Bertz CT molecular complexity index is 811. The summed E-state index contributed by atoms with van der Waals surface area (Å²) < 4.78 is 2.16. The number of anilines is 1. The summed E-state index contributed by atoms with van der Waals surface area (Å²) in [5, 5.41) is 2.81. The lowest BCUT2D eigenvalue weighted by Gasteiger charge is -2.10. The fraction of sp³-hybridized carbons (Fsp3) is 0.158. The van der Waals surface area contributed by atoms with Crippen LogP contribution >= 0.6 is 0 Å². The van der Waals surface area contributed by atoms with E-state index in [-0.39, 0.29) is 5.91 Å². The van der Waals surface area contributed by atoms with Crippen LogP contribution in [0.1, 0.15) is 27.3 Å². The second kappa shape index (κ2) is 6.08. The molecule has 0 aliphatic rings. The van der Waals surface area contributed by atoms with E-state index in [1.54, 1.807) is 12.3 Å².